The molecule has 0 aromatic carbocycles. The number of aliphatic hydroxyl groups is 1. The van der Waals surface area contributed by atoms with Gasteiger partial charge in [0, 0.05) is 0 Å². The van der Waals surface area contributed by atoms with Crippen molar-refractivity contribution in [2.45, 2.75) is 45.4 Å². The van der Waals surface area contributed by atoms with Crippen molar-refractivity contribution in [3.05, 3.63) is 0 Å². The lowest BCUT2D eigenvalue weighted by Gasteiger charge is -2.23. The Labute approximate surface area is 117 Å². The van der Waals surface area contributed by atoms with Crippen molar-refractivity contribution < 1.29 is 24.6 Å². The van der Waals surface area contributed by atoms with Crippen molar-refractivity contribution in [1.82, 2.24) is 10.6 Å². The molecule has 6 N–H and O–H groups in total. The highest BCUT2D eigenvalue weighted by atomic mass is 16.4. The third-order valence-electron chi connectivity index (χ3n) is 2.59. The molecule has 0 saturated carbocycles. The smallest absolute Gasteiger partial charge is 0.326 e. The van der Waals surface area contributed by atoms with Gasteiger partial charge in [0.2, 0.25) is 11.8 Å². The number of carbonyl (C=O) groups excluding carboxylic acids is 2. The van der Waals surface area contributed by atoms with Crippen LogP contribution in [0.4, 0.5) is 0 Å². The first-order valence-electron chi connectivity index (χ1n) is 6.39. The summed E-state index contributed by atoms with van der Waals surface area (Å²) < 4.78 is 0. The summed E-state index contributed by atoms with van der Waals surface area (Å²) >= 11 is 0. The minimum Gasteiger partial charge on any atom is -0.480 e. The number of hydrogen-bond donors (Lipinski definition) is 5. The highest BCUT2D eigenvalue weighted by molar-refractivity contribution is 5.91. The van der Waals surface area contributed by atoms with E-state index in [0.29, 0.717) is 0 Å². The van der Waals surface area contributed by atoms with Crippen molar-refractivity contribution in [3.63, 3.8) is 0 Å². The highest BCUT2D eigenvalue weighted by Gasteiger charge is 2.29. The molecule has 20 heavy (non-hydrogen) atoms. The maximum absolute atomic E-state index is 11.9. The second-order valence-corrected chi connectivity index (χ2v) is 5.02. The number of carboxylic acids is 1. The minimum absolute atomic E-state index is 0.0695. The van der Waals surface area contributed by atoms with E-state index in [9.17, 15) is 19.5 Å². The van der Waals surface area contributed by atoms with Crippen LogP contribution in [0, 0.1) is 5.92 Å². The standard InChI is InChI=1S/C12H23N3O5/c1-6(2)4-8(12(19)20)14-11(18)10(7(3)16)15-9(17)5-13/h6-8,10,16H,4-5,13H2,1-3H3,(H,14,18)(H,15,17)(H,19,20). The Hall–Kier alpha value is -1.67. The van der Waals surface area contributed by atoms with Gasteiger partial charge in [-0.1, -0.05) is 13.8 Å². The van der Waals surface area contributed by atoms with Gasteiger partial charge < -0.3 is 26.6 Å². The van der Waals surface area contributed by atoms with Gasteiger partial charge in [-0.05, 0) is 19.3 Å². The molecule has 3 unspecified atom stereocenters. The van der Waals surface area contributed by atoms with Gasteiger partial charge in [0.1, 0.15) is 12.1 Å². The summed E-state index contributed by atoms with van der Waals surface area (Å²) in [6, 6.07) is -2.31. The van der Waals surface area contributed by atoms with E-state index >= 15 is 0 Å². The first kappa shape index (κ1) is 18.3. The second-order valence-electron chi connectivity index (χ2n) is 5.02. The Morgan fingerprint density at radius 1 is 1.15 bits per heavy atom. The SMILES string of the molecule is CC(C)CC(NC(=O)C(NC(=O)CN)C(C)O)C(=O)O. The molecule has 0 aromatic heterocycles. The second kappa shape index (κ2) is 8.49. The van der Waals surface area contributed by atoms with Gasteiger partial charge in [-0.3, -0.25) is 9.59 Å². The van der Waals surface area contributed by atoms with Gasteiger partial charge >= 0.3 is 5.97 Å². The number of rotatable bonds is 8. The minimum atomic E-state index is -1.24. The highest BCUT2D eigenvalue weighted by Crippen LogP contribution is 2.06. The molecular weight excluding hydrogens is 266 g/mol. The number of nitrogens with two attached hydrogens (primary N) is 1. The maximum atomic E-state index is 11.9. The van der Waals surface area contributed by atoms with Crippen molar-refractivity contribution in [2.24, 2.45) is 11.7 Å². The van der Waals surface area contributed by atoms with E-state index in [1.165, 1.54) is 6.92 Å². The number of carboxylic acid groups (broad SMARTS) is 1. The third-order valence-corrected chi connectivity index (χ3v) is 2.59. The predicted molar refractivity (Wildman–Crippen MR) is 71.7 cm³/mol. The Morgan fingerprint density at radius 3 is 2.05 bits per heavy atom. The Balaban J connectivity index is 4.79. The third kappa shape index (κ3) is 6.48. The van der Waals surface area contributed by atoms with Crippen LogP contribution in [0.5, 0.6) is 0 Å². The topological polar surface area (TPSA) is 142 Å². The molecule has 0 aromatic rings. The fourth-order valence-corrected chi connectivity index (χ4v) is 1.59. The zero-order valence-electron chi connectivity index (χ0n) is 11.9. The molecule has 0 aliphatic heterocycles. The van der Waals surface area contributed by atoms with Crippen molar-refractivity contribution in [1.29, 1.82) is 0 Å². The zero-order valence-corrected chi connectivity index (χ0v) is 11.9. The average Bonchev–Trinajstić information content (AvgIpc) is 2.33. The molecule has 0 rings (SSSR count). The monoisotopic (exact) mass is 289 g/mol. The molecule has 0 heterocycles. The first-order valence-corrected chi connectivity index (χ1v) is 6.39. The number of nitrogens with one attached hydrogen (secondary N) is 2. The quantitative estimate of drug-likeness (QED) is 0.365. The first-order chi connectivity index (χ1) is 9.18. The molecule has 0 fully saturated rings. The summed E-state index contributed by atoms with van der Waals surface area (Å²) in [4.78, 5) is 34.2. The van der Waals surface area contributed by atoms with Crippen LogP contribution in [0.25, 0.3) is 0 Å². The lowest BCUT2D eigenvalue weighted by atomic mass is 10.0. The zero-order chi connectivity index (χ0) is 15.9. The molecule has 0 aliphatic rings. The molecule has 116 valence electrons. The number of aliphatic carboxylic acids is 1. The summed E-state index contributed by atoms with van der Waals surface area (Å²) in [5.41, 5.74) is 5.12. The van der Waals surface area contributed by atoms with Gasteiger partial charge in [0.25, 0.3) is 0 Å². The summed E-state index contributed by atoms with van der Waals surface area (Å²) in [5, 5.41) is 23.1. The molecule has 2 amide bonds. The van der Waals surface area contributed by atoms with Gasteiger partial charge in [-0.25, -0.2) is 4.79 Å². The molecule has 3 atom stereocenters. The number of hydrogen-bond acceptors (Lipinski definition) is 5. The van der Waals surface area contributed by atoms with E-state index in [1.807, 2.05) is 13.8 Å². The molecule has 0 saturated heterocycles. The van der Waals surface area contributed by atoms with E-state index in [2.05, 4.69) is 10.6 Å². The Bertz CT molecular complexity index is 357. The van der Waals surface area contributed by atoms with Crippen LogP contribution in [0.1, 0.15) is 27.2 Å². The van der Waals surface area contributed by atoms with Crippen LogP contribution in [0.3, 0.4) is 0 Å². The molecule has 0 spiro atoms. The van der Waals surface area contributed by atoms with Crippen LogP contribution in [-0.4, -0.2) is 52.7 Å². The molecule has 8 heteroatoms. The van der Waals surface area contributed by atoms with Crippen molar-refractivity contribution in [2.75, 3.05) is 6.54 Å². The molecule has 0 aliphatic carbocycles. The normalized spacial score (nSPS) is 15.3. The van der Waals surface area contributed by atoms with Crippen LogP contribution >= 0.6 is 0 Å². The number of carbonyl (C=O) groups is 3. The van der Waals surface area contributed by atoms with E-state index in [4.69, 9.17) is 10.8 Å². The van der Waals surface area contributed by atoms with Gasteiger partial charge in [0.05, 0.1) is 12.6 Å². The van der Waals surface area contributed by atoms with E-state index in [1.54, 1.807) is 0 Å². The lowest BCUT2D eigenvalue weighted by molar-refractivity contribution is -0.143. The summed E-state index contributed by atoms with van der Waals surface area (Å²) in [6.07, 6.45) is -0.919. The van der Waals surface area contributed by atoms with E-state index < -0.39 is 36.0 Å². The van der Waals surface area contributed by atoms with Crippen LogP contribution in [0.2, 0.25) is 0 Å². The Morgan fingerprint density at radius 2 is 1.70 bits per heavy atom. The largest absolute Gasteiger partial charge is 0.480 e. The van der Waals surface area contributed by atoms with Crippen molar-refractivity contribution in [3.8, 4) is 0 Å². The molecular formula is C12H23N3O5. The number of amides is 2. The molecule has 8 nitrogen and oxygen atoms in total. The number of aliphatic hydroxyl groups excluding tert-OH is 1. The van der Waals surface area contributed by atoms with Crippen LogP contribution < -0.4 is 16.4 Å². The molecule has 0 radical (unpaired) electrons. The summed E-state index contributed by atoms with van der Waals surface area (Å²) in [5.74, 6) is -2.46. The fourth-order valence-electron chi connectivity index (χ4n) is 1.59. The van der Waals surface area contributed by atoms with E-state index in [0.717, 1.165) is 0 Å². The predicted octanol–water partition coefficient (Wildman–Crippen LogP) is -1.57. The molecule has 0 bridgehead atoms. The van der Waals surface area contributed by atoms with Crippen LogP contribution in [-0.2, 0) is 14.4 Å². The van der Waals surface area contributed by atoms with Crippen molar-refractivity contribution >= 4 is 17.8 Å². The van der Waals surface area contributed by atoms with Gasteiger partial charge in [-0.15, -0.1) is 0 Å². The average molecular weight is 289 g/mol. The summed E-state index contributed by atoms with van der Waals surface area (Å²) in [7, 11) is 0. The van der Waals surface area contributed by atoms with E-state index in [-0.39, 0.29) is 18.9 Å². The lowest BCUT2D eigenvalue weighted by Crippen LogP contribution is -2.56. The fraction of sp³-hybridized carbons (Fsp3) is 0.750. The Kier molecular flexibility index (Phi) is 7.78. The van der Waals surface area contributed by atoms with Gasteiger partial charge in [0.15, 0.2) is 0 Å². The van der Waals surface area contributed by atoms with Crippen LogP contribution in [0.15, 0.2) is 0 Å². The van der Waals surface area contributed by atoms with Gasteiger partial charge in [-0.2, -0.15) is 0 Å². The maximum Gasteiger partial charge on any atom is 0.326 e. The summed E-state index contributed by atoms with van der Waals surface area (Å²) in [6.45, 7) is 4.64.